The quantitative estimate of drug-likeness (QED) is 0.473. The van der Waals surface area contributed by atoms with Gasteiger partial charge in [0.05, 0.1) is 7.11 Å². The van der Waals surface area contributed by atoms with E-state index in [9.17, 15) is 0 Å². The molecule has 0 unspecified atom stereocenters. The van der Waals surface area contributed by atoms with Crippen LogP contribution in [-0.4, -0.2) is 17.1 Å². The molecule has 5 heteroatoms. The van der Waals surface area contributed by atoms with E-state index >= 15 is 0 Å². The van der Waals surface area contributed by atoms with Crippen molar-refractivity contribution in [2.45, 2.75) is 0 Å². The number of nitrogens with one attached hydrogen (secondary N) is 1. The molecule has 1 heterocycles. The molecule has 0 saturated heterocycles. The molecule has 0 radical (unpaired) electrons. The van der Waals surface area contributed by atoms with Crippen LogP contribution in [0.4, 0.5) is 11.5 Å². The second-order valence-corrected chi connectivity index (χ2v) is 6.06. The van der Waals surface area contributed by atoms with Gasteiger partial charge < -0.3 is 14.8 Å². The van der Waals surface area contributed by atoms with E-state index < -0.39 is 0 Å². The third-order valence-corrected chi connectivity index (χ3v) is 4.11. The first-order valence-electron chi connectivity index (χ1n) is 8.88. The number of benzene rings is 3. The Morgan fingerprint density at radius 3 is 2.11 bits per heavy atom. The summed E-state index contributed by atoms with van der Waals surface area (Å²) in [6.07, 6.45) is 1.74. The number of hydrogen-bond donors (Lipinski definition) is 1. The third kappa shape index (κ3) is 4.27. The molecule has 0 spiro atoms. The highest BCUT2D eigenvalue weighted by molar-refractivity contribution is 5.62. The molecule has 0 aliphatic rings. The van der Waals surface area contributed by atoms with Gasteiger partial charge in [0.2, 0.25) is 0 Å². The monoisotopic (exact) mass is 369 g/mol. The van der Waals surface area contributed by atoms with Gasteiger partial charge in [0.1, 0.15) is 23.1 Å². The van der Waals surface area contributed by atoms with Gasteiger partial charge in [-0.2, -0.15) is 0 Å². The van der Waals surface area contributed by atoms with Crippen molar-refractivity contribution in [2.24, 2.45) is 0 Å². The summed E-state index contributed by atoms with van der Waals surface area (Å²) in [7, 11) is 1.65. The van der Waals surface area contributed by atoms with Gasteiger partial charge >= 0.3 is 0 Å². The molecule has 0 saturated carbocycles. The van der Waals surface area contributed by atoms with Crippen molar-refractivity contribution < 1.29 is 9.47 Å². The molecular formula is C23H19N3O2. The second-order valence-electron chi connectivity index (χ2n) is 6.06. The topological polar surface area (TPSA) is 56.3 Å². The maximum absolute atomic E-state index is 5.82. The number of methoxy groups -OCH3 is 1. The van der Waals surface area contributed by atoms with Crippen LogP contribution in [0.25, 0.3) is 11.4 Å². The van der Waals surface area contributed by atoms with E-state index in [1.165, 1.54) is 0 Å². The average Bonchev–Trinajstić information content (AvgIpc) is 2.76. The molecule has 4 aromatic rings. The zero-order chi connectivity index (χ0) is 19.2. The van der Waals surface area contributed by atoms with Crippen molar-refractivity contribution in [2.75, 3.05) is 12.4 Å². The number of anilines is 2. The maximum atomic E-state index is 5.82. The Kier molecular flexibility index (Phi) is 5.15. The number of hydrogen-bond acceptors (Lipinski definition) is 5. The van der Waals surface area contributed by atoms with Crippen LogP contribution in [0, 0.1) is 0 Å². The van der Waals surface area contributed by atoms with E-state index in [2.05, 4.69) is 15.3 Å². The van der Waals surface area contributed by atoms with Crippen molar-refractivity contribution in [1.82, 2.24) is 9.97 Å². The molecule has 138 valence electrons. The summed E-state index contributed by atoms with van der Waals surface area (Å²) in [4.78, 5) is 8.95. The molecule has 1 N–H and O–H groups in total. The summed E-state index contributed by atoms with van der Waals surface area (Å²) in [5, 5.41) is 3.30. The van der Waals surface area contributed by atoms with Gasteiger partial charge in [-0.05, 0) is 66.7 Å². The Labute approximate surface area is 163 Å². The van der Waals surface area contributed by atoms with Crippen LogP contribution >= 0.6 is 0 Å². The molecule has 0 atom stereocenters. The van der Waals surface area contributed by atoms with E-state index in [4.69, 9.17) is 9.47 Å². The van der Waals surface area contributed by atoms with Crippen LogP contribution in [-0.2, 0) is 0 Å². The summed E-state index contributed by atoms with van der Waals surface area (Å²) >= 11 is 0. The van der Waals surface area contributed by atoms with Gasteiger partial charge in [-0.1, -0.05) is 18.2 Å². The van der Waals surface area contributed by atoms with Gasteiger partial charge in [0.25, 0.3) is 0 Å². The van der Waals surface area contributed by atoms with E-state index in [1.54, 1.807) is 13.3 Å². The van der Waals surface area contributed by atoms with Gasteiger partial charge in [-0.3, -0.25) is 0 Å². The summed E-state index contributed by atoms with van der Waals surface area (Å²) in [5.41, 5.74) is 1.84. The van der Waals surface area contributed by atoms with E-state index in [0.29, 0.717) is 5.82 Å². The maximum Gasteiger partial charge on any atom is 0.161 e. The van der Waals surface area contributed by atoms with Crippen LogP contribution in [0.2, 0.25) is 0 Å². The fourth-order valence-electron chi connectivity index (χ4n) is 2.69. The number of rotatable bonds is 6. The van der Waals surface area contributed by atoms with Gasteiger partial charge in [-0.15, -0.1) is 0 Å². The summed E-state index contributed by atoms with van der Waals surface area (Å²) in [5.74, 6) is 3.76. The highest BCUT2D eigenvalue weighted by Gasteiger charge is 2.04. The lowest BCUT2D eigenvalue weighted by atomic mass is 10.2. The largest absolute Gasteiger partial charge is 0.497 e. The van der Waals surface area contributed by atoms with Gasteiger partial charge in [-0.25, -0.2) is 9.97 Å². The van der Waals surface area contributed by atoms with Crippen molar-refractivity contribution in [1.29, 1.82) is 0 Å². The Balaban J connectivity index is 1.46. The molecule has 3 aromatic carbocycles. The van der Waals surface area contributed by atoms with Crippen molar-refractivity contribution >= 4 is 11.5 Å². The Morgan fingerprint density at radius 2 is 1.39 bits per heavy atom. The highest BCUT2D eigenvalue weighted by atomic mass is 16.5. The molecule has 4 rings (SSSR count). The number of nitrogens with zero attached hydrogens (tertiary/aromatic N) is 2. The predicted molar refractivity (Wildman–Crippen MR) is 110 cm³/mol. The first-order chi connectivity index (χ1) is 13.8. The SMILES string of the molecule is COc1ccc(-c2nccc(Nc3ccc(Oc4ccccc4)cc3)n2)cc1. The molecule has 0 amide bonds. The second kappa shape index (κ2) is 8.22. The van der Waals surface area contributed by atoms with Crippen LogP contribution in [0.1, 0.15) is 0 Å². The first-order valence-corrected chi connectivity index (χ1v) is 8.88. The average molecular weight is 369 g/mol. The van der Waals surface area contributed by atoms with E-state index in [0.717, 1.165) is 34.3 Å². The van der Waals surface area contributed by atoms with Crippen LogP contribution in [0.3, 0.4) is 0 Å². The fourth-order valence-corrected chi connectivity index (χ4v) is 2.69. The molecular weight excluding hydrogens is 350 g/mol. The molecule has 0 bridgehead atoms. The first kappa shape index (κ1) is 17.5. The lowest BCUT2D eigenvalue weighted by molar-refractivity contribution is 0.415. The molecule has 28 heavy (non-hydrogen) atoms. The van der Waals surface area contributed by atoms with Crippen LogP contribution in [0.15, 0.2) is 91.1 Å². The number of ether oxygens (including phenoxy) is 2. The smallest absolute Gasteiger partial charge is 0.161 e. The normalized spacial score (nSPS) is 10.3. The minimum Gasteiger partial charge on any atom is -0.497 e. The lowest BCUT2D eigenvalue weighted by Crippen LogP contribution is -1.97. The van der Waals surface area contributed by atoms with Crippen molar-refractivity contribution in [3.63, 3.8) is 0 Å². The zero-order valence-electron chi connectivity index (χ0n) is 15.4. The van der Waals surface area contributed by atoms with Gasteiger partial charge in [0, 0.05) is 17.4 Å². The Morgan fingerprint density at radius 1 is 0.714 bits per heavy atom. The highest BCUT2D eigenvalue weighted by Crippen LogP contribution is 2.25. The van der Waals surface area contributed by atoms with E-state index in [1.807, 2.05) is 84.9 Å². The summed E-state index contributed by atoms with van der Waals surface area (Å²) in [6, 6.07) is 26.9. The van der Waals surface area contributed by atoms with Crippen molar-refractivity contribution in [3.05, 3.63) is 91.1 Å². The standard InChI is InChI=1S/C23H19N3O2/c1-27-19-11-7-17(8-12-19)23-24-16-15-22(26-23)25-18-9-13-21(14-10-18)28-20-5-3-2-4-6-20/h2-16H,1H3,(H,24,25,26). The predicted octanol–water partition coefficient (Wildman–Crippen LogP) is 5.69. The van der Waals surface area contributed by atoms with E-state index in [-0.39, 0.29) is 0 Å². The van der Waals surface area contributed by atoms with Crippen molar-refractivity contribution in [3.8, 4) is 28.6 Å². The lowest BCUT2D eigenvalue weighted by Gasteiger charge is -2.09. The number of aromatic nitrogens is 2. The minimum absolute atomic E-state index is 0.650. The summed E-state index contributed by atoms with van der Waals surface area (Å²) < 4.78 is 11.0. The third-order valence-electron chi connectivity index (χ3n) is 4.11. The number of para-hydroxylation sites is 1. The van der Waals surface area contributed by atoms with Gasteiger partial charge in [0.15, 0.2) is 5.82 Å². The fraction of sp³-hybridized carbons (Fsp3) is 0.0435. The summed E-state index contributed by atoms with van der Waals surface area (Å²) in [6.45, 7) is 0. The molecule has 0 aliphatic carbocycles. The molecule has 0 aliphatic heterocycles. The molecule has 5 nitrogen and oxygen atoms in total. The molecule has 0 fully saturated rings. The Hall–Kier alpha value is -3.86. The van der Waals surface area contributed by atoms with Crippen LogP contribution in [0.5, 0.6) is 17.2 Å². The minimum atomic E-state index is 0.650. The zero-order valence-corrected chi connectivity index (χ0v) is 15.4. The Bertz CT molecular complexity index is 1030. The molecule has 1 aromatic heterocycles. The van der Waals surface area contributed by atoms with Crippen LogP contribution < -0.4 is 14.8 Å².